The number of rotatable bonds is 1. The van der Waals surface area contributed by atoms with Crippen molar-refractivity contribution < 1.29 is 0 Å². The molecule has 84 valence electrons. The summed E-state index contributed by atoms with van der Waals surface area (Å²) in [5.41, 5.74) is 1.47. The van der Waals surface area contributed by atoms with Crippen LogP contribution in [0, 0.1) is 16.7 Å². The van der Waals surface area contributed by atoms with E-state index < -0.39 is 0 Å². The van der Waals surface area contributed by atoms with Gasteiger partial charge < -0.3 is 4.90 Å². The van der Waals surface area contributed by atoms with Crippen molar-refractivity contribution in [3.05, 3.63) is 18.2 Å². The van der Waals surface area contributed by atoms with Gasteiger partial charge >= 0.3 is 0 Å². The monoisotopic (exact) mass is 216 g/mol. The molecule has 1 aliphatic heterocycles. The first-order valence-electron chi connectivity index (χ1n) is 5.58. The van der Waals surface area contributed by atoms with Gasteiger partial charge in [0.2, 0.25) is 5.82 Å². The molecule has 1 fully saturated rings. The van der Waals surface area contributed by atoms with Gasteiger partial charge in [0.1, 0.15) is 6.07 Å². The molecule has 1 aliphatic rings. The summed E-state index contributed by atoms with van der Waals surface area (Å²) in [4.78, 5) is 10.3. The number of piperidine rings is 1. The van der Waals surface area contributed by atoms with Gasteiger partial charge in [0, 0.05) is 13.1 Å². The fourth-order valence-corrected chi connectivity index (χ4v) is 1.91. The fraction of sp³-hybridized carbons (Fsp3) is 0.583. The van der Waals surface area contributed by atoms with Crippen LogP contribution in [0.1, 0.15) is 32.5 Å². The van der Waals surface area contributed by atoms with Crippen molar-refractivity contribution in [1.29, 1.82) is 5.26 Å². The SMILES string of the molecule is CC1(C)CCN(c2cnc(C#N)nc2)CC1. The average molecular weight is 216 g/mol. The summed E-state index contributed by atoms with van der Waals surface area (Å²) in [5.74, 6) is 0.237. The van der Waals surface area contributed by atoms with Crippen molar-refractivity contribution in [3.63, 3.8) is 0 Å². The Morgan fingerprint density at radius 1 is 1.25 bits per heavy atom. The second kappa shape index (κ2) is 4.09. The predicted molar refractivity (Wildman–Crippen MR) is 62.0 cm³/mol. The zero-order valence-corrected chi connectivity index (χ0v) is 9.77. The third-order valence-electron chi connectivity index (χ3n) is 3.22. The van der Waals surface area contributed by atoms with Gasteiger partial charge in [-0.1, -0.05) is 13.8 Å². The van der Waals surface area contributed by atoms with E-state index in [1.165, 1.54) is 12.8 Å². The van der Waals surface area contributed by atoms with Crippen molar-refractivity contribution in [2.75, 3.05) is 18.0 Å². The topological polar surface area (TPSA) is 52.8 Å². The fourth-order valence-electron chi connectivity index (χ4n) is 1.91. The summed E-state index contributed by atoms with van der Waals surface area (Å²) in [6, 6.07) is 1.93. The van der Waals surface area contributed by atoms with E-state index >= 15 is 0 Å². The quantitative estimate of drug-likeness (QED) is 0.720. The molecule has 0 atom stereocenters. The van der Waals surface area contributed by atoms with E-state index in [0.29, 0.717) is 5.41 Å². The summed E-state index contributed by atoms with van der Waals surface area (Å²) >= 11 is 0. The number of nitriles is 1. The molecule has 0 spiro atoms. The van der Waals surface area contributed by atoms with E-state index in [2.05, 4.69) is 28.7 Å². The van der Waals surface area contributed by atoms with Crippen LogP contribution in [0.25, 0.3) is 0 Å². The molecular formula is C12H16N4. The summed E-state index contributed by atoms with van der Waals surface area (Å²) in [6.07, 6.45) is 5.85. The van der Waals surface area contributed by atoms with E-state index in [-0.39, 0.29) is 5.82 Å². The summed E-state index contributed by atoms with van der Waals surface area (Å²) in [7, 11) is 0. The minimum atomic E-state index is 0.237. The standard InChI is InChI=1S/C12H16N4/c1-12(2)3-5-16(6-4-12)10-8-14-11(7-13)15-9-10/h8-9H,3-6H2,1-2H3. The van der Waals surface area contributed by atoms with Crippen molar-refractivity contribution in [3.8, 4) is 6.07 Å². The Morgan fingerprint density at radius 3 is 2.31 bits per heavy atom. The molecule has 1 aromatic rings. The van der Waals surface area contributed by atoms with Crippen molar-refractivity contribution in [1.82, 2.24) is 9.97 Å². The highest BCUT2D eigenvalue weighted by atomic mass is 15.2. The van der Waals surface area contributed by atoms with Crippen LogP contribution in [0.5, 0.6) is 0 Å². The highest BCUT2D eigenvalue weighted by Crippen LogP contribution is 2.31. The number of hydrogen-bond acceptors (Lipinski definition) is 4. The summed E-state index contributed by atoms with van der Waals surface area (Å²) in [6.45, 7) is 6.70. The van der Waals surface area contributed by atoms with Crippen LogP contribution in [-0.2, 0) is 0 Å². The number of aromatic nitrogens is 2. The molecule has 16 heavy (non-hydrogen) atoms. The van der Waals surface area contributed by atoms with Crippen LogP contribution in [0.4, 0.5) is 5.69 Å². The second-order valence-electron chi connectivity index (χ2n) is 5.03. The Labute approximate surface area is 95.9 Å². The van der Waals surface area contributed by atoms with E-state index in [1.807, 2.05) is 6.07 Å². The van der Waals surface area contributed by atoms with Crippen LogP contribution in [0.2, 0.25) is 0 Å². The first kappa shape index (κ1) is 10.9. The minimum Gasteiger partial charge on any atom is -0.369 e. The Morgan fingerprint density at radius 2 is 1.81 bits per heavy atom. The lowest BCUT2D eigenvalue weighted by Crippen LogP contribution is -2.37. The van der Waals surface area contributed by atoms with Crippen molar-refractivity contribution >= 4 is 5.69 Å². The minimum absolute atomic E-state index is 0.237. The van der Waals surface area contributed by atoms with Gasteiger partial charge in [-0.3, -0.25) is 0 Å². The maximum Gasteiger partial charge on any atom is 0.232 e. The van der Waals surface area contributed by atoms with Crippen molar-refractivity contribution in [2.24, 2.45) is 5.41 Å². The lowest BCUT2D eigenvalue weighted by atomic mass is 9.82. The normalized spacial score (nSPS) is 19.2. The first-order valence-corrected chi connectivity index (χ1v) is 5.58. The van der Waals surface area contributed by atoms with Crippen LogP contribution in [0.3, 0.4) is 0 Å². The smallest absolute Gasteiger partial charge is 0.232 e. The maximum atomic E-state index is 8.62. The molecule has 0 aromatic carbocycles. The lowest BCUT2D eigenvalue weighted by Gasteiger charge is -2.37. The van der Waals surface area contributed by atoms with E-state index in [1.54, 1.807) is 12.4 Å². The molecule has 1 aromatic heterocycles. The molecule has 2 heterocycles. The largest absolute Gasteiger partial charge is 0.369 e. The molecule has 4 heteroatoms. The van der Waals surface area contributed by atoms with Gasteiger partial charge in [0.05, 0.1) is 18.1 Å². The Hall–Kier alpha value is -1.63. The average Bonchev–Trinajstić information content (AvgIpc) is 2.29. The molecule has 0 amide bonds. The predicted octanol–water partition coefficient (Wildman–Crippen LogP) is 1.97. The number of nitrogens with zero attached hydrogens (tertiary/aromatic N) is 4. The molecule has 0 radical (unpaired) electrons. The van der Waals surface area contributed by atoms with Gasteiger partial charge in [-0.05, 0) is 18.3 Å². The molecule has 4 nitrogen and oxygen atoms in total. The highest BCUT2D eigenvalue weighted by Gasteiger charge is 2.25. The van der Waals surface area contributed by atoms with Crippen molar-refractivity contribution in [2.45, 2.75) is 26.7 Å². The van der Waals surface area contributed by atoms with E-state index in [9.17, 15) is 0 Å². The Bertz CT molecular complexity index is 392. The van der Waals surface area contributed by atoms with Gasteiger partial charge in [-0.2, -0.15) is 5.26 Å². The molecule has 0 aliphatic carbocycles. The lowest BCUT2D eigenvalue weighted by molar-refractivity contribution is 0.279. The summed E-state index contributed by atoms with van der Waals surface area (Å²) < 4.78 is 0. The molecular weight excluding hydrogens is 200 g/mol. The molecule has 1 saturated heterocycles. The third kappa shape index (κ3) is 2.30. The molecule has 2 rings (SSSR count). The van der Waals surface area contributed by atoms with E-state index in [0.717, 1.165) is 18.8 Å². The van der Waals surface area contributed by atoms with Gasteiger partial charge in [-0.15, -0.1) is 0 Å². The second-order valence-corrected chi connectivity index (χ2v) is 5.03. The van der Waals surface area contributed by atoms with Crippen LogP contribution >= 0.6 is 0 Å². The molecule has 0 unspecified atom stereocenters. The Kier molecular flexibility index (Phi) is 2.78. The van der Waals surface area contributed by atoms with Gasteiger partial charge in [0.25, 0.3) is 0 Å². The van der Waals surface area contributed by atoms with Crippen LogP contribution in [0.15, 0.2) is 12.4 Å². The third-order valence-corrected chi connectivity index (χ3v) is 3.22. The van der Waals surface area contributed by atoms with E-state index in [4.69, 9.17) is 5.26 Å². The number of hydrogen-bond donors (Lipinski definition) is 0. The zero-order valence-electron chi connectivity index (χ0n) is 9.77. The van der Waals surface area contributed by atoms with Gasteiger partial charge in [0.15, 0.2) is 0 Å². The zero-order chi connectivity index (χ0) is 11.6. The van der Waals surface area contributed by atoms with Gasteiger partial charge in [-0.25, -0.2) is 9.97 Å². The molecule has 0 N–H and O–H groups in total. The molecule has 0 bridgehead atoms. The summed E-state index contributed by atoms with van der Waals surface area (Å²) in [5, 5.41) is 8.62. The Balaban J connectivity index is 2.06. The molecule has 0 saturated carbocycles. The highest BCUT2D eigenvalue weighted by molar-refractivity contribution is 5.43. The first-order chi connectivity index (χ1) is 7.61. The van der Waals surface area contributed by atoms with Crippen LogP contribution in [-0.4, -0.2) is 23.1 Å². The maximum absolute atomic E-state index is 8.62. The number of anilines is 1. The van der Waals surface area contributed by atoms with Crippen LogP contribution < -0.4 is 4.90 Å².